The Labute approximate surface area is 145 Å². The number of benzene rings is 2. The molecular formula is C19H17N5O. The van der Waals surface area contributed by atoms with E-state index in [1.807, 2.05) is 48.7 Å². The SMILES string of the molecule is Cc1nnc(-c2cccc(NCc3ncc(-c4ccccc4)[nH]3)c2)o1. The second-order valence-electron chi connectivity index (χ2n) is 5.67. The van der Waals surface area contributed by atoms with Gasteiger partial charge >= 0.3 is 0 Å². The third kappa shape index (κ3) is 3.42. The molecule has 0 unspecified atom stereocenters. The zero-order valence-electron chi connectivity index (χ0n) is 13.7. The fourth-order valence-electron chi connectivity index (χ4n) is 2.58. The Morgan fingerprint density at radius 3 is 2.64 bits per heavy atom. The monoisotopic (exact) mass is 331 g/mol. The summed E-state index contributed by atoms with van der Waals surface area (Å²) < 4.78 is 5.47. The molecular weight excluding hydrogens is 314 g/mol. The first-order valence-corrected chi connectivity index (χ1v) is 8.02. The molecule has 6 heteroatoms. The van der Waals surface area contributed by atoms with Crippen LogP contribution >= 0.6 is 0 Å². The molecule has 0 aliphatic carbocycles. The van der Waals surface area contributed by atoms with Crippen LogP contribution in [0.5, 0.6) is 0 Å². The van der Waals surface area contributed by atoms with Crippen molar-refractivity contribution in [3.8, 4) is 22.7 Å². The zero-order chi connectivity index (χ0) is 17.1. The van der Waals surface area contributed by atoms with Crippen molar-refractivity contribution in [3.63, 3.8) is 0 Å². The molecule has 25 heavy (non-hydrogen) atoms. The van der Waals surface area contributed by atoms with E-state index < -0.39 is 0 Å². The van der Waals surface area contributed by atoms with E-state index in [0.717, 1.165) is 28.3 Å². The molecule has 0 atom stereocenters. The van der Waals surface area contributed by atoms with Crippen molar-refractivity contribution in [2.24, 2.45) is 0 Å². The summed E-state index contributed by atoms with van der Waals surface area (Å²) in [5.74, 6) is 1.95. The minimum atomic E-state index is 0.519. The van der Waals surface area contributed by atoms with E-state index in [9.17, 15) is 0 Å². The number of aryl methyl sites for hydroxylation is 1. The van der Waals surface area contributed by atoms with Crippen LogP contribution in [0.15, 0.2) is 65.2 Å². The Morgan fingerprint density at radius 2 is 1.84 bits per heavy atom. The molecule has 0 aliphatic heterocycles. The first-order valence-electron chi connectivity index (χ1n) is 8.02. The molecule has 2 N–H and O–H groups in total. The lowest BCUT2D eigenvalue weighted by atomic mass is 10.2. The lowest BCUT2D eigenvalue weighted by Crippen LogP contribution is -2.01. The van der Waals surface area contributed by atoms with Crippen LogP contribution in [0.3, 0.4) is 0 Å². The molecule has 0 saturated heterocycles. The highest BCUT2D eigenvalue weighted by atomic mass is 16.4. The van der Waals surface area contributed by atoms with E-state index >= 15 is 0 Å². The fourth-order valence-corrected chi connectivity index (χ4v) is 2.58. The van der Waals surface area contributed by atoms with Crippen LogP contribution < -0.4 is 5.32 Å². The van der Waals surface area contributed by atoms with Gasteiger partial charge in [0.25, 0.3) is 0 Å². The summed E-state index contributed by atoms with van der Waals surface area (Å²) in [5, 5.41) is 11.3. The number of H-pyrrole nitrogens is 1. The van der Waals surface area contributed by atoms with Crippen molar-refractivity contribution in [3.05, 3.63) is 72.5 Å². The first kappa shape index (κ1) is 15.1. The molecule has 0 spiro atoms. The summed E-state index contributed by atoms with van der Waals surface area (Å²) in [6, 6.07) is 18.0. The third-order valence-corrected chi connectivity index (χ3v) is 3.81. The molecule has 0 saturated carbocycles. The number of nitrogens with one attached hydrogen (secondary N) is 2. The standard InChI is InChI=1S/C19H17N5O/c1-13-23-24-19(25-13)15-8-5-9-16(10-15)20-12-18-21-11-17(22-18)14-6-3-2-4-7-14/h2-11,20H,12H2,1H3,(H,21,22). The van der Waals surface area contributed by atoms with Crippen molar-refractivity contribution in [2.75, 3.05) is 5.32 Å². The van der Waals surface area contributed by atoms with Gasteiger partial charge in [-0.2, -0.15) is 0 Å². The van der Waals surface area contributed by atoms with Crippen molar-refractivity contribution in [2.45, 2.75) is 13.5 Å². The number of rotatable bonds is 5. The van der Waals surface area contributed by atoms with E-state index in [-0.39, 0.29) is 0 Å². The van der Waals surface area contributed by atoms with Crippen LogP contribution in [0.4, 0.5) is 5.69 Å². The Morgan fingerprint density at radius 1 is 1.00 bits per heavy atom. The molecule has 2 aromatic carbocycles. The van der Waals surface area contributed by atoms with Crippen LogP contribution in [0.2, 0.25) is 0 Å². The average Bonchev–Trinajstić information content (AvgIpc) is 3.30. The Hall–Kier alpha value is -3.41. The highest BCUT2D eigenvalue weighted by molar-refractivity contribution is 5.61. The van der Waals surface area contributed by atoms with Gasteiger partial charge in [-0.15, -0.1) is 10.2 Å². The van der Waals surface area contributed by atoms with E-state index in [1.54, 1.807) is 6.92 Å². The molecule has 4 aromatic rings. The number of aromatic nitrogens is 4. The summed E-state index contributed by atoms with van der Waals surface area (Å²) in [7, 11) is 0. The number of anilines is 1. The predicted octanol–water partition coefficient (Wildman–Crippen LogP) is 4.05. The van der Waals surface area contributed by atoms with Gasteiger partial charge < -0.3 is 14.7 Å². The summed E-state index contributed by atoms with van der Waals surface area (Å²) >= 11 is 0. The Kier molecular flexibility index (Phi) is 4.00. The van der Waals surface area contributed by atoms with Crippen LogP contribution in [0.1, 0.15) is 11.7 Å². The molecule has 0 aliphatic rings. The largest absolute Gasteiger partial charge is 0.421 e. The number of aromatic amines is 1. The second kappa shape index (κ2) is 6.60. The van der Waals surface area contributed by atoms with Crippen LogP contribution in [-0.2, 0) is 6.54 Å². The van der Waals surface area contributed by atoms with Crippen LogP contribution in [0, 0.1) is 6.92 Å². The third-order valence-electron chi connectivity index (χ3n) is 3.81. The van der Waals surface area contributed by atoms with Gasteiger partial charge in [-0.3, -0.25) is 0 Å². The van der Waals surface area contributed by atoms with E-state index in [0.29, 0.717) is 18.3 Å². The quantitative estimate of drug-likeness (QED) is 0.577. The highest BCUT2D eigenvalue weighted by Gasteiger charge is 2.07. The second-order valence-corrected chi connectivity index (χ2v) is 5.67. The van der Waals surface area contributed by atoms with Gasteiger partial charge in [-0.05, 0) is 23.8 Å². The minimum Gasteiger partial charge on any atom is -0.421 e. The zero-order valence-corrected chi connectivity index (χ0v) is 13.7. The van der Waals surface area contributed by atoms with E-state index in [2.05, 4.69) is 37.6 Å². The first-order chi connectivity index (χ1) is 12.3. The molecule has 2 aromatic heterocycles. The van der Waals surface area contributed by atoms with Gasteiger partial charge in [0.1, 0.15) is 5.82 Å². The van der Waals surface area contributed by atoms with Gasteiger partial charge in [-0.1, -0.05) is 36.4 Å². The lowest BCUT2D eigenvalue weighted by molar-refractivity contribution is 0.533. The van der Waals surface area contributed by atoms with Crippen molar-refractivity contribution < 1.29 is 4.42 Å². The van der Waals surface area contributed by atoms with Crippen LogP contribution in [-0.4, -0.2) is 20.2 Å². The summed E-state index contributed by atoms with van der Waals surface area (Å²) in [5.41, 5.74) is 3.98. The molecule has 0 amide bonds. The maximum absolute atomic E-state index is 5.47. The molecule has 0 fully saturated rings. The molecule has 2 heterocycles. The summed E-state index contributed by atoms with van der Waals surface area (Å²) in [6.07, 6.45) is 1.85. The fraction of sp³-hybridized carbons (Fsp3) is 0.105. The smallest absolute Gasteiger partial charge is 0.247 e. The minimum absolute atomic E-state index is 0.519. The number of hydrogen-bond donors (Lipinski definition) is 2. The molecule has 0 radical (unpaired) electrons. The maximum Gasteiger partial charge on any atom is 0.247 e. The predicted molar refractivity (Wildman–Crippen MR) is 95.8 cm³/mol. The average molecular weight is 331 g/mol. The molecule has 4 rings (SSSR count). The topological polar surface area (TPSA) is 79.6 Å². The lowest BCUT2D eigenvalue weighted by Gasteiger charge is -2.05. The van der Waals surface area contributed by atoms with Crippen LogP contribution in [0.25, 0.3) is 22.7 Å². The molecule has 0 bridgehead atoms. The number of nitrogens with zero attached hydrogens (tertiary/aromatic N) is 3. The highest BCUT2D eigenvalue weighted by Crippen LogP contribution is 2.22. The number of hydrogen-bond acceptors (Lipinski definition) is 5. The molecule has 124 valence electrons. The van der Waals surface area contributed by atoms with Gasteiger partial charge in [0, 0.05) is 18.2 Å². The van der Waals surface area contributed by atoms with E-state index in [1.165, 1.54) is 0 Å². The summed E-state index contributed by atoms with van der Waals surface area (Å²) in [4.78, 5) is 7.77. The normalized spacial score (nSPS) is 10.8. The van der Waals surface area contributed by atoms with Gasteiger partial charge in [0.15, 0.2) is 0 Å². The van der Waals surface area contributed by atoms with E-state index in [4.69, 9.17) is 4.42 Å². The molecule has 6 nitrogen and oxygen atoms in total. The van der Waals surface area contributed by atoms with Crippen molar-refractivity contribution in [1.82, 2.24) is 20.2 Å². The van der Waals surface area contributed by atoms with Gasteiger partial charge in [0.05, 0.1) is 18.4 Å². The number of imidazole rings is 1. The van der Waals surface area contributed by atoms with Crippen molar-refractivity contribution >= 4 is 5.69 Å². The van der Waals surface area contributed by atoms with Gasteiger partial charge in [-0.25, -0.2) is 4.98 Å². The Bertz CT molecular complexity index is 974. The van der Waals surface area contributed by atoms with Crippen molar-refractivity contribution in [1.29, 1.82) is 0 Å². The van der Waals surface area contributed by atoms with Gasteiger partial charge in [0.2, 0.25) is 11.8 Å². The Balaban J connectivity index is 1.46. The maximum atomic E-state index is 5.47. The summed E-state index contributed by atoms with van der Waals surface area (Å²) in [6.45, 7) is 2.37.